The van der Waals surface area contributed by atoms with Crippen LogP contribution in [0.2, 0.25) is 0 Å². The largest absolute Gasteiger partial charge is 0.496 e. The van der Waals surface area contributed by atoms with E-state index < -0.39 is 11.9 Å². The molecule has 0 saturated heterocycles. The third-order valence-electron chi connectivity index (χ3n) is 3.02. The number of aliphatic carboxylic acids is 1. The van der Waals surface area contributed by atoms with Crippen molar-refractivity contribution in [3.8, 4) is 5.75 Å². The number of carboxylic acids is 1. The molecule has 1 heterocycles. The van der Waals surface area contributed by atoms with Crippen LogP contribution in [0.15, 0.2) is 48.8 Å². The summed E-state index contributed by atoms with van der Waals surface area (Å²) in [6.45, 7) is 0. The second kappa shape index (κ2) is 6.00. The zero-order valence-electron chi connectivity index (χ0n) is 10.6. The van der Waals surface area contributed by atoms with E-state index in [9.17, 15) is 9.90 Å². The van der Waals surface area contributed by atoms with Crippen LogP contribution in [0.5, 0.6) is 5.75 Å². The van der Waals surface area contributed by atoms with Crippen molar-refractivity contribution in [1.29, 1.82) is 0 Å². The Hall–Kier alpha value is -2.36. The third-order valence-corrected chi connectivity index (χ3v) is 3.02. The van der Waals surface area contributed by atoms with Crippen molar-refractivity contribution < 1.29 is 14.6 Å². The fourth-order valence-electron chi connectivity index (χ4n) is 2.04. The molecule has 0 aliphatic rings. The van der Waals surface area contributed by atoms with Gasteiger partial charge in [-0.3, -0.25) is 9.78 Å². The Bertz CT molecular complexity index is 554. The van der Waals surface area contributed by atoms with E-state index in [4.69, 9.17) is 4.74 Å². The smallest absolute Gasteiger partial charge is 0.311 e. The molecule has 4 heteroatoms. The molecule has 0 bridgehead atoms. The zero-order chi connectivity index (χ0) is 13.7. The van der Waals surface area contributed by atoms with Gasteiger partial charge >= 0.3 is 5.97 Å². The highest BCUT2D eigenvalue weighted by atomic mass is 16.5. The Morgan fingerprint density at radius 1 is 1.26 bits per heavy atom. The van der Waals surface area contributed by atoms with Gasteiger partial charge < -0.3 is 9.84 Å². The van der Waals surface area contributed by atoms with Gasteiger partial charge in [0.05, 0.1) is 13.0 Å². The molecule has 0 amide bonds. The van der Waals surface area contributed by atoms with Gasteiger partial charge in [0.1, 0.15) is 5.75 Å². The number of carbonyl (C=O) groups is 1. The molecular formula is C15H15NO3. The second-order valence-electron chi connectivity index (χ2n) is 4.19. The average molecular weight is 257 g/mol. The molecule has 1 unspecified atom stereocenters. The first-order valence-corrected chi connectivity index (χ1v) is 5.97. The van der Waals surface area contributed by atoms with Crippen molar-refractivity contribution in [2.75, 3.05) is 7.11 Å². The maximum Gasteiger partial charge on any atom is 0.311 e. The monoisotopic (exact) mass is 257 g/mol. The Labute approximate surface area is 111 Å². The number of aromatic nitrogens is 1. The molecule has 1 aromatic heterocycles. The van der Waals surface area contributed by atoms with Crippen LogP contribution in [0.4, 0.5) is 0 Å². The molecule has 4 nitrogen and oxygen atoms in total. The Morgan fingerprint density at radius 3 is 2.58 bits per heavy atom. The summed E-state index contributed by atoms with van der Waals surface area (Å²) in [5.41, 5.74) is 1.63. The van der Waals surface area contributed by atoms with E-state index in [-0.39, 0.29) is 0 Å². The summed E-state index contributed by atoms with van der Waals surface area (Å²) >= 11 is 0. The van der Waals surface area contributed by atoms with Crippen LogP contribution in [0.3, 0.4) is 0 Å². The van der Waals surface area contributed by atoms with Crippen molar-refractivity contribution in [3.63, 3.8) is 0 Å². The number of hydrogen-bond donors (Lipinski definition) is 1. The van der Waals surface area contributed by atoms with E-state index in [0.29, 0.717) is 12.2 Å². The number of rotatable bonds is 5. The first-order chi connectivity index (χ1) is 9.22. The molecule has 1 atom stereocenters. The van der Waals surface area contributed by atoms with E-state index >= 15 is 0 Å². The lowest BCUT2D eigenvalue weighted by Gasteiger charge is -2.14. The van der Waals surface area contributed by atoms with Gasteiger partial charge in [-0.15, -0.1) is 0 Å². The van der Waals surface area contributed by atoms with Crippen LogP contribution in [-0.4, -0.2) is 23.2 Å². The molecule has 1 aromatic carbocycles. The highest BCUT2D eigenvalue weighted by molar-refractivity contribution is 5.76. The van der Waals surface area contributed by atoms with Crippen molar-refractivity contribution >= 4 is 5.97 Å². The topological polar surface area (TPSA) is 59.4 Å². The quantitative estimate of drug-likeness (QED) is 0.894. The lowest BCUT2D eigenvalue weighted by molar-refractivity contribution is -0.138. The molecular weight excluding hydrogens is 242 g/mol. The van der Waals surface area contributed by atoms with Gasteiger partial charge in [0, 0.05) is 12.4 Å². The molecule has 0 saturated carbocycles. The number of pyridine rings is 1. The van der Waals surface area contributed by atoms with Crippen molar-refractivity contribution in [1.82, 2.24) is 4.98 Å². The average Bonchev–Trinajstić information content (AvgIpc) is 2.45. The SMILES string of the molecule is COc1ccccc1CC(C(=O)O)c1ccncc1. The molecule has 0 fully saturated rings. The van der Waals surface area contributed by atoms with Gasteiger partial charge in [0.15, 0.2) is 0 Å². The molecule has 0 aliphatic carbocycles. The van der Waals surface area contributed by atoms with Gasteiger partial charge in [-0.2, -0.15) is 0 Å². The first kappa shape index (κ1) is 13.1. The van der Waals surface area contributed by atoms with Crippen LogP contribution < -0.4 is 4.74 Å². The zero-order valence-corrected chi connectivity index (χ0v) is 10.6. The predicted molar refractivity (Wildman–Crippen MR) is 71.3 cm³/mol. The molecule has 98 valence electrons. The van der Waals surface area contributed by atoms with Gasteiger partial charge in [0.25, 0.3) is 0 Å². The van der Waals surface area contributed by atoms with Gasteiger partial charge in [0.2, 0.25) is 0 Å². The number of methoxy groups -OCH3 is 1. The van der Waals surface area contributed by atoms with Crippen LogP contribution >= 0.6 is 0 Å². The Balaban J connectivity index is 2.30. The van der Waals surface area contributed by atoms with E-state index in [1.165, 1.54) is 0 Å². The number of hydrogen-bond acceptors (Lipinski definition) is 3. The summed E-state index contributed by atoms with van der Waals surface area (Å²) in [7, 11) is 1.58. The lowest BCUT2D eigenvalue weighted by Crippen LogP contribution is -2.15. The Kier molecular flexibility index (Phi) is 4.13. The fraction of sp³-hybridized carbons (Fsp3) is 0.200. The number of nitrogens with zero attached hydrogens (tertiary/aromatic N) is 1. The second-order valence-corrected chi connectivity index (χ2v) is 4.19. The fourth-order valence-corrected chi connectivity index (χ4v) is 2.04. The van der Waals surface area contributed by atoms with Gasteiger partial charge in [-0.25, -0.2) is 0 Å². The summed E-state index contributed by atoms with van der Waals surface area (Å²) in [5.74, 6) is -0.737. The molecule has 2 rings (SSSR count). The predicted octanol–water partition coefficient (Wildman–Crippen LogP) is 2.50. The summed E-state index contributed by atoms with van der Waals surface area (Å²) in [6.07, 6.45) is 3.60. The maximum atomic E-state index is 11.4. The summed E-state index contributed by atoms with van der Waals surface area (Å²) in [5, 5.41) is 9.39. The highest BCUT2D eigenvalue weighted by Crippen LogP contribution is 2.26. The number of benzene rings is 1. The molecule has 2 aromatic rings. The summed E-state index contributed by atoms with van der Waals surface area (Å²) in [4.78, 5) is 15.4. The summed E-state index contributed by atoms with van der Waals surface area (Å²) in [6, 6.07) is 10.9. The lowest BCUT2D eigenvalue weighted by atomic mass is 9.92. The Morgan fingerprint density at radius 2 is 1.95 bits per heavy atom. The van der Waals surface area contributed by atoms with Crippen molar-refractivity contribution in [2.24, 2.45) is 0 Å². The summed E-state index contributed by atoms with van der Waals surface area (Å²) < 4.78 is 5.26. The van der Waals surface area contributed by atoms with Crippen LogP contribution in [0, 0.1) is 0 Å². The third kappa shape index (κ3) is 3.10. The minimum atomic E-state index is -0.850. The van der Waals surface area contributed by atoms with Gasteiger partial charge in [-0.1, -0.05) is 18.2 Å². The van der Waals surface area contributed by atoms with E-state index in [1.807, 2.05) is 24.3 Å². The first-order valence-electron chi connectivity index (χ1n) is 5.97. The number of carboxylic acid groups (broad SMARTS) is 1. The van der Waals surface area contributed by atoms with Gasteiger partial charge in [-0.05, 0) is 35.7 Å². The minimum Gasteiger partial charge on any atom is -0.496 e. The van der Waals surface area contributed by atoms with Crippen molar-refractivity contribution in [2.45, 2.75) is 12.3 Å². The number of para-hydroxylation sites is 1. The maximum absolute atomic E-state index is 11.4. The van der Waals surface area contributed by atoms with Crippen LogP contribution in [0.1, 0.15) is 17.0 Å². The molecule has 0 radical (unpaired) electrons. The molecule has 1 N–H and O–H groups in total. The van der Waals surface area contributed by atoms with E-state index in [1.54, 1.807) is 31.6 Å². The van der Waals surface area contributed by atoms with E-state index in [0.717, 1.165) is 11.1 Å². The van der Waals surface area contributed by atoms with Crippen molar-refractivity contribution in [3.05, 3.63) is 59.9 Å². The minimum absolute atomic E-state index is 0.392. The standard InChI is InChI=1S/C15H15NO3/c1-19-14-5-3-2-4-12(14)10-13(15(17)18)11-6-8-16-9-7-11/h2-9,13H,10H2,1H3,(H,17,18). The van der Waals surface area contributed by atoms with Crippen LogP contribution in [0.25, 0.3) is 0 Å². The molecule has 0 spiro atoms. The molecule has 19 heavy (non-hydrogen) atoms. The molecule has 0 aliphatic heterocycles. The van der Waals surface area contributed by atoms with E-state index in [2.05, 4.69) is 4.98 Å². The highest BCUT2D eigenvalue weighted by Gasteiger charge is 2.21. The number of ether oxygens (including phenoxy) is 1. The normalized spacial score (nSPS) is 11.8. The van der Waals surface area contributed by atoms with Crippen LogP contribution in [-0.2, 0) is 11.2 Å².